The van der Waals surface area contributed by atoms with Crippen molar-refractivity contribution in [3.05, 3.63) is 33.7 Å². The molecule has 2 heterocycles. The van der Waals surface area contributed by atoms with Gasteiger partial charge < -0.3 is 5.73 Å². The van der Waals surface area contributed by atoms with Crippen LogP contribution in [0, 0.1) is 6.92 Å². The molecule has 0 amide bonds. The highest BCUT2D eigenvalue weighted by molar-refractivity contribution is 7.09. The summed E-state index contributed by atoms with van der Waals surface area (Å²) in [5.74, 6) is 1.38. The molecule has 4 nitrogen and oxygen atoms in total. The van der Waals surface area contributed by atoms with Crippen molar-refractivity contribution >= 4 is 17.2 Å². The van der Waals surface area contributed by atoms with E-state index in [1.807, 2.05) is 19.2 Å². The molecule has 16 heavy (non-hydrogen) atoms. The number of nitrogen functional groups attached to an aromatic ring is 1. The lowest BCUT2D eigenvalue weighted by molar-refractivity contribution is 0.886. The Hall–Kier alpha value is -1.49. The highest BCUT2D eigenvalue weighted by atomic mass is 32.1. The highest BCUT2D eigenvalue weighted by Gasteiger charge is 2.09. The molecule has 0 aromatic carbocycles. The summed E-state index contributed by atoms with van der Waals surface area (Å²) in [7, 11) is 0. The van der Waals surface area contributed by atoms with Crippen LogP contribution in [0.15, 0.2) is 11.6 Å². The zero-order valence-electron chi connectivity index (χ0n) is 9.40. The van der Waals surface area contributed by atoms with Gasteiger partial charge in [0.25, 0.3) is 0 Å². The first kappa shape index (κ1) is 11.0. The van der Waals surface area contributed by atoms with Gasteiger partial charge in [-0.25, -0.2) is 15.0 Å². The van der Waals surface area contributed by atoms with E-state index in [1.165, 1.54) is 0 Å². The van der Waals surface area contributed by atoms with E-state index in [0.29, 0.717) is 5.82 Å². The molecule has 2 aromatic heterocycles. The van der Waals surface area contributed by atoms with Gasteiger partial charge in [-0.05, 0) is 6.92 Å². The van der Waals surface area contributed by atoms with Crippen LogP contribution in [0.2, 0.25) is 0 Å². The summed E-state index contributed by atoms with van der Waals surface area (Å²) in [6, 6.07) is 0. The second kappa shape index (κ2) is 4.57. The van der Waals surface area contributed by atoms with Crippen molar-refractivity contribution in [1.29, 1.82) is 0 Å². The molecule has 0 aliphatic rings. The van der Waals surface area contributed by atoms with Gasteiger partial charge in [0.15, 0.2) is 0 Å². The fourth-order valence-corrected chi connectivity index (χ4v) is 2.07. The lowest BCUT2D eigenvalue weighted by Crippen LogP contribution is -2.07. The molecule has 5 heteroatoms. The number of anilines is 1. The number of aromatic nitrogens is 3. The smallest absolute Gasteiger partial charge is 0.130 e. The van der Waals surface area contributed by atoms with Gasteiger partial charge in [-0.3, -0.25) is 0 Å². The van der Waals surface area contributed by atoms with Crippen molar-refractivity contribution in [1.82, 2.24) is 15.0 Å². The Morgan fingerprint density at radius 1 is 1.38 bits per heavy atom. The molecule has 2 N–H and O–H groups in total. The van der Waals surface area contributed by atoms with E-state index in [1.54, 1.807) is 17.5 Å². The Morgan fingerprint density at radius 3 is 2.81 bits per heavy atom. The SMILES string of the molecule is CCc1nc(N)c(C)c(Cc2nccs2)n1. The highest BCUT2D eigenvalue weighted by Crippen LogP contribution is 2.17. The summed E-state index contributed by atoms with van der Waals surface area (Å²) in [6.45, 7) is 3.98. The van der Waals surface area contributed by atoms with E-state index in [2.05, 4.69) is 15.0 Å². The van der Waals surface area contributed by atoms with Gasteiger partial charge >= 0.3 is 0 Å². The van der Waals surface area contributed by atoms with Crippen molar-refractivity contribution in [3.8, 4) is 0 Å². The van der Waals surface area contributed by atoms with Crippen LogP contribution in [-0.2, 0) is 12.8 Å². The van der Waals surface area contributed by atoms with Crippen LogP contribution in [-0.4, -0.2) is 15.0 Å². The predicted octanol–water partition coefficient (Wildman–Crippen LogP) is 1.98. The first-order valence-corrected chi connectivity index (χ1v) is 6.09. The summed E-state index contributed by atoms with van der Waals surface area (Å²) in [5, 5.41) is 3.03. The van der Waals surface area contributed by atoms with E-state index >= 15 is 0 Å². The second-order valence-corrected chi connectivity index (χ2v) is 4.53. The number of hydrogen-bond donors (Lipinski definition) is 1. The summed E-state index contributed by atoms with van der Waals surface area (Å²) in [5.41, 5.74) is 7.81. The third kappa shape index (κ3) is 2.19. The van der Waals surface area contributed by atoms with Crippen molar-refractivity contribution in [3.63, 3.8) is 0 Å². The number of hydrogen-bond acceptors (Lipinski definition) is 5. The maximum absolute atomic E-state index is 5.86. The maximum Gasteiger partial charge on any atom is 0.130 e. The zero-order valence-corrected chi connectivity index (χ0v) is 10.2. The monoisotopic (exact) mass is 234 g/mol. The number of nitrogens with zero attached hydrogens (tertiary/aromatic N) is 3. The number of aryl methyl sites for hydroxylation is 1. The van der Waals surface area contributed by atoms with Crippen molar-refractivity contribution in [2.75, 3.05) is 5.73 Å². The summed E-state index contributed by atoms with van der Waals surface area (Å²) in [6.07, 6.45) is 3.35. The normalized spacial score (nSPS) is 10.6. The van der Waals surface area contributed by atoms with Gasteiger partial charge in [-0.2, -0.15) is 0 Å². The minimum atomic E-state index is 0.582. The van der Waals surface area contributed by atoms with Gasteiger partial charge in [0.05, 0.1) is 10.7 Å². The Kier molecular flexibility index (Phi) is 3.14. The minimum Gasteiger partial charge on any atom is -0.383 e. The van der Waals surface area contributed by atoms with Crippen LogP contribution in [0.3, 0.4) is 0 Å². The quantitative estimate of drug-likeness (QED) is 0.882. The molecule has 0 radical (unpaired) electrons. The van der Waals surface area contributed by atoms with Crippen LogP contribution < -0.4 is 5.73 Å². The van der Waals surface area contributed by atoms with Crippen molar-refractivity contribution in [2.24, 2.45) is 0 Å². The van der Waals surface area contributed by atoms with Crippen LogP contribution >= 0.6 is 11.3 Å². The molecule has 0 spiro atoms. The standard InChI is InChI=1S/C11H14N4S/c1-3-9-14-8(7(2)11(12)15-9)6-10-13-4-5-16-10/h4-5H,3,6H2,1-2H3,(H2,12,14,15). The Morgan fingerprint density at radius 2 is 2.19 bits per heavy atom. The average Bonchev–Trinajstić information content (AvgIpc) is 2.77. The summed E-state index contributed by atoms with van der Waals surface area (Å²) >= 11 is 1.63. The van der Waals surface area contributed by atoms with E-state index < -0.39 is 0 Å². The minimum absolute atomic E-state index is 0.582. The molecule has 2 rings (SSSR count). The second-order valence-electron chi connectivity index (χ2n) is 3.55. The fourth-order valence-electron chi connectivity index (χ4n) is 1.45. The molecular weight excluding hydrogens is 220 g/mol. The molecule has 84 valence electrons. The molecule has 0 aliphatic heterocycles. The first-order chi connectivity index (χ1) is 7.70. The Bertz CT molecular complexity index is 479. The van der Waals surface area contributed by atoms with Crippen molar-refractivity contribution < 1.29 is 0 Å². The van der Waals surface area contributed by atoms with Gasteiger partial charge in [0.1, 0.15) is 11.6 Å². The van der Waals surface area contributed by atoms with Crippen LogP contribution in [0.5, 0.6) is 0 Å². The van der Waals surface area contributed by atoms with E-state index in [0.717, 1.165) is 34.9 Å². The van der Waals surface area contributed by atoms with Crippen LogP contribution in [0.25, 0.3) is 0 Å². The Balaban J connectivity index is 2.36. The maximum atomic E-state index is 5.86. The molecule has 0 unspecified atom stereocenters. The molecule has 0 saturated heterocycles. The number of rotatable bonds is 3. The first-order valence-electron chi connectivity index (χ1n) is 5.21. The predicted molar refractivity (Wildman–Crippen MR) is 65.5 cm³/mol. The molecule has 0 atom stereocenters. The van der Waals surface area contributed by atoms with Gasteiger partial charge in [-0.1, -0.05) is 6.92 Å². The van der Waals surface area contributed by atoms with Gasteiger partial charge in [0.2, 0.25) is 0 Å². The topological polar surface area (TPSA) is 64.7 Å². The third-order valence-corrected chi connectivity index (χ3v) is 3.23. The van der Waals surface area contributed by atoms with Gasteiger partial charge in [-0.15, -0.1) is 11.3 Å². The molecule has 0 bridgehead atoms. The van der Waals surface area contributed by atoms with E-state index in [-0.39, 0.29) is 0 Å². The fraction of sp³-hybridized carbons (Fsp3) is 0.364. The zero-order chi connectivity index (χ0) is 11.5. The average molecular weight is 234 g/mol. The van der Waals surface area contributed by atoms with Crippen LogP contribution in [0.1, 0.15) is 29.0 Å². The third-order valence-electron chi connectivity index (χ3n) is 2.45. The number of thiazole rings is 1. The van der Waals surface area contributed by atoms with Crippen LogP contribution in [0.4, 0.5) is 5.82 Å². The van der Waals surface area contributed by atoms with E-state index in [4.69, 9.17) is 5.73 Å². The molecule has 0 aliphatic carbocycles. The number of nitrogens with two attached hydrogens (primary N) is 1. The lowest BCUT2D eigenvalue weighted by atomic mass is 10.2. The molecule has 2 aromatic rings. The van der Waals surface area contributed by atoms with Crippen molar-refractivity contribution in [2.45, 2.75) is 26.7 Å². The van der Waals surface area contributed by atoms with Gasteiger partial charge in [0, 0.05) is 30.0 Å². The molecule has 0 fully saturated rings. The molecular formula is C11H14N4S. The largest absolute Gasteiger partial charge is 0.383 e. The van der Waals surface area contributed by atoms with E-state index in [9.17, 15) is 0 Å². The summed E-state index contributed by atoms with van der Waals surface area (Å²) in [4.78, 5) is 13.0. The lowest BCUT2D eigenvalue weighted by Gasteiger charge is -2.07. The molecule has 0 saturated carbocycles. The summed E-state index contributed by atoms with van der Waals surface area (Å²) < 4.78 is 0. The Labute approximate surface area is 98.6 Å².